The maximum atomic E-state index is 13.1. The van der Waals surface area contributed by atoms with Gasteiger partial charge in [-0.1, -0.05) is 36.4 Å². The van der Waals surface area contributed by atoms with E-state index in [4.69, 9.17) is 0 Å². The zero-order valence-electron chi connectivity index (χ0n) is 13.0. The molecule has 2 aromatic rings. The lowest BCUT2D eigenvalue weighted by Gasteiger charge is -2.20. The van der Waals surface area contributed by atoms with E-state index in [2.05, 4.69) is 0 Å². The highest BCUT2D eigenvalue weighted by Crippen LogP contribution is 2.40. The molecule has 25 heavy (non-hydrogen) atoms. The first kappa shape index (κ1) is 16.0. The third-order valence-electron chi connectivity index (χ3n) is 4.37. The summed E-state index contributed by atoms with van der Waals surface area (Å²) in [5, 5.41) is 2.77. The Labute approximate surface area is 143 Å². The normalized spacial score (nSPS) is 18.3. The smallest absolute Gasteiger partial charge is 0.288 e. The minimum absolute atomic E-state index is 0.154. The molecule has 0 fully saturated rings. The number of hydrogen-bond donors (Lipinski definition) is 0. The highest BCUT2D eigenvalue weighted by Gasteiger charge is 2.43. The first-order valence-corrected chi connectivity index (χ1v) is 9.15. The van der Waals surface area contributed by atoms with Crippen molar-refractivity contribution in [3.63, 3.8) is 0 Å². The maximum absolute atomic E-state index is 13.1. The monoisotopic (exact) mass is 357 g/mol. The molecule has 2 aliphatic rings. The molecule has 0 N–H and O–H groups in total. The quantitative estimate of drug-likeness (QED) is 0.696. The van der Waals surface area contributed by atoms with Gasteiger partial charge in [0.2, 0.25) is 5.78 Å². The molecule has 1 aliphatic heterocycles. The molecular weight excluding hydrogens is 344 g/mol. The van der Waals surface area contributed by atoms with E-state index in [0.717, 1.165) is 22.0 Å². The zero-order valence-corrected chi connectivity index (χ0v) is 13.9. The Kier molecular flexibility index (Phi) is 3.73. The summed E-state index contributed by atoms with van der Waals surface area (Å²) in [6, 6.07) is 16.9. The van der Waals surface area contributed by atoms with Gasteiger partial charge in [-0.05, 0) is 30.3 Å². The van der Waals surface area contributed by atoms with Crippen molar-refractivity contribution in [3.8, 4) is 0 Å². The van der Waals surface area contributed by atoms with Crippen LogP contribution in [0.4, 0.5) is 13.2 Å². The molecule has 2 aromatic carbocycles. The van der Waals surface area contributed by atoms with Gasteiger partial charge >= 0.3 is 6.18 Å². The van der Waals surface area contributed by atoms with Crippen molar-refractivity contribution >= 4 is 29.2 Å². The molecule has 124 valence electrons. The number of carbonyl (C=O) groups is 1. The first-order chi connectivity index (χ1) is 12.0. The molecule has 1 unspecified atom stereocenters. The average Bonchev–Trinajstić information content (AvgIpc) is 2.62. The van der Waals surface area contributed by atoms with Crippen LogP contribution in [0.1, 0.15) is 16.8 Å². The Bertz CT molecular complexity index is 966. The largest absolute Gasteiger partial charge is 0.416 e. The van der Waals surface area contributed by atoms with Gasteiger partial charge in [0.05, 0.1) is 16.7 Å². The fourth-order valence-electron chi connectivity index (χ4n) is 3.24. The van der Waals surface area contributed by atoms with Crippen LogP contribution >= 0.6 is 7.55 Å². The molecule has 1 atom stereocenters. The van der Waals surface area contributed by atoms with Gasteiger partial charge in [0.25, 0.3) is 0 Å². The molecule has 1 heterocycles. The van der Waals surface area contributed by atoms with Crippen LogP contribution < -0.4 is 10.6 Å². The first-order valence-electron chi connectivity index (χ1n) is 7.81. The van der Waals surface area contributed by atoms with E-state index < -0.39 is 19.3 Å². The second kappa shape index (κ2) is 5.82. The van der Waals surface area contributed by atoms with Crippen LogP contribution in [0, 0.1) is 0 Å². The highest BCUT2D eigenvalue weighted by atomic mass is 31.1. The minimum Gasteiger partial charge on any atom is -0.288 e. The van der Waals surface area contributed by atoms with E-state index in [-0.39, 0.29) is 17.8 Å². The van der Waals surface area contributed by atoms with E-state index in [1.54, 1.807) is 12.1 Å². The van der Waals surface area contributed by atoms with Crippen molar-refractivity contribution in [2.24, 2.45) is 0 Å². The van der Waals surface area contributed by atoms with E-state index in [9.17, 15) is 18.0 Å². The van der Waals surface area contributed by atoms with Gasteiger partial charge in [-0.15, -0.1) is 0 Å². The van der Waals surface area contributed by atoms with Gasteiger partial charge in [-0.25, -0.2) is 0 Å². The number of ketones is 1. The Morgan fingerprint density at radius 2 is 1.60 bits per heavy atom. The van der Waals surface area contributed by atoms with Gasteiger partial charge in [-0.3, -0.25) is 4.79 Å². The third kappa shape index (κ3) is 2.67. The van der Waals surface area contributed by atoms with E-state index in [1.807, 2.05) is 42.5 Å². The summed E-state index contributed by atoms with van der Waals surface area (Å²) in [6.45, 7) is 0. The zero-order chi connectivity index (χ0) is 17.6. The van der Waals surface area contributed by atoms with Crippen molar-refractivity contribution in [2.75, 3.05) is 0 Å². The van der Waals surface area contributed by atoms with Gasteiger partial charge in [0.15, 0.2) is 18.2 Å². The van der Waals surface area contributed by atoms with E-state index in [1.165, 1.54) is 6.08 Å². The van der Waals surface area contributed by atoms with Crippen LogP contribution in [-0.2, 0) is 0 Å². The van der Waals surface area contributed by atoms with Crippen LogP contribution in [0.25, 0.3) is 0 Å². The molecule has 0 aromatic heterocycles. The van der Waals surface area contributed by atoms with Crippen molar-refractivity contribution in [3.05, 3.63) is 83.5 Å². The number of Topliss-reactive ketones (excluding diaryl/α,β-unsaturated/α-hetero) is 1. The summed E-state index contributed by atoms with van der Waals surface area (Å²) in [7, 11) is -1.01. The topological polar surface area (TPSA) is 17.1 Å². The maximum Gasteiger partial charge on any atom is 0.416 e. The van der Waals surface area contributed by atoms with Crippen molar-refractivity contribution in [1.82, 2.24) is 0 Å². The van der Waals surface area contributed by atoms with Crippen molar-refractivity contribution < 1.29 is 18.0 Å². The number of alkyl halides is 3. The molecule has 5 heteroatoms. The molecule has 0 radical (unpaired) electrons. The number of halogens is 3. The molecule has 0 saturated heterocycles. The van der Waals surface area contributed by atoms with Gasteiger partial charge < -0.3 is 0 Å². The van der Waals surface area contributed by atoms with Crippen LogP contribution in [0.3, 0.4) is 0 Å². The number of benzene rings is 2. The summed E-state index contributed by atoms with van der Waals surface area (Å²) in [5.74, 6) is -0.310. The SMILES string of the molecule is O=C1C2=CC(C(F)(F)F)=CCC2=[P+](c2ccccc2)c2ccccc21. The fraction of sp³-hybridized carbons (Fsp3) is 0.100. The van der Waals surface area contributed by atoms with Crippen LogP contribution in [0.15, 0.2) is 77.9 Å². The molecule has 0 saturated carbocycles. The number of allylic oxidation sites excluding steroid dienone is 4. The van der Waals surface area contributed by atoms with Crippen molar-refractivity contribution in [1.29, 1.82) is 0 Å². The van der Waals surface area contributed by atoms with Crippen LogP contribution in [-0.4, -0.2) is 17.3 Å². The molecule has 0 amide bonds. The van der Waals surface area contributed by atoms with Gasteiger partial charge in [0.1, 0.15) is 5.29 Å². The predicted molar refractivity (Wildman–Crippen MR) is 95.2 cm³/mol. The second-order valence-corrected chi connectivity index (χ2v) is 8.09. The number of fused-ring (bicyclic) bond motifs is 2. The predicted octanol–water partition coefficient (Wildman–Crippen LogP) is 4.31. The molecule has 1 nitrogen and oxygen atoms in total. The summed E-state index contributed by atoms with van der Waals surface area (Å²) in [4.78, 5) is 12.8. The summed E-state index contributed by atoms with van der Waals surface area (Å²) < 4.78 is 39.3. The lowest BCUT2D eigenvalue weighted by molar-refractivity contribution is -0.0884. The van der Waals surface area contributed by atoms with Crippen LogP contribution in [0.5, 0.6) is 0 Å². The molecule has 1 aliphatic carbocycles. The lowest BCUT2D eigenvalue weighted by atomic mass is 9.92. The summed E-state index contributed by atoms with van der Waals surface area (Å²) >= 11 is 0. The van der Waals surface area contributed by atoms with E-state index in [0.29, 0.717) is 5.56 Å². The van der Waals surface area contributed by atoms with Crippen molar-refractivity contribution in [2.45, 2.75) is 12.6 Å². The molecule has 0 bridgehead atoms. The lowest BCUT2D eigenvalue weighted by Crippen LogP contribution is -2.31. The second-order valence-electron chi connectivity index (χ2n) is 5.88. The Morgan fingerprint density at radius 1 is 0.920 bits per heavy atom. The number of carbonyl (C=O) groups excluding carboxylic acids is 1. The Balaban J connectivity index is 1.99. The number of rotatable bonds is 1. The van der Waals surface area contributed by atoms with Crippen LogP contribution in [0.2, 0.25) is 0 Å². The standard InChI is InChI=1S/C20H13F3OP/c21-20(22,23)13-10-11-18-16(12-13)19(24)15-8-4-5-9-17(15)25(18)14-6-2-1-3-7-14/h1-10,12H,11H2/q+1. The fourth-order valence-corrected chi connectivity index (χ4v) is 5.93. The highest BCUT2D eigenvalue weighted by molar-refractivity contribution is 7.74. The average molecular weight is 357 g/mol. The third-order valence-corrected chi connectivity index (χ3v) is 7.02. The molecule has 4 rings (SSSR count). The summed E-state index contributed by atoms with van der Waals surface area (Å²) in [6.07, 6.45) is -2.07. The molecular formula is C20H13F3OP+. The number of hydrogen-bond acceptors (Lipinski definition) is 1. The minimum atomic E-state index is -4.44. The Morgan fingerprint density at radius 3 is 2.32 bits per heavy atom. The van der Waals surface area contributed by atoms with E-state index >= 15 is 0 Å². The van der Waals surface area contributed by atoms with Gasteiger partial charge in [-0.2, -0.15) is 13.2 Å². The summed E-state index contributed by atoms with van der Waals surface area (Å²) in [5.41, 5.74) is -0.0126. The Hall–Kier alpha value is -2.45. The molecule has 0 spiro atoms. The van der Waals surface area contributed by atoms with Gasteiger partial charge in [0, 0.05) is 6.42 Å².